The van der Waals surface area contributed by atoms with E-state index < -0.39 is 11.8 Å². The van der Waals surface area contributed by atoms with Crippen molar-refractivity contribution in [3.05, 3.63) is 17.2 Å². The molecule has 4 nitrogen and oxygen atoms in total. The molecule has 0 aromatic carbocycles. The van der Waals surface area contributed by atoms with E-state index in [1.807, 2.05) is 0 Å². The van der Waals surface area contributed by atoms with E-state index in [1.54, 1.807) is 0 Å². The van der Waals surface area contributed by atoms with E-state index in [0.29, 0.717) is 0 Å². The second kappa shape index (κ2) is 6.92. The van der Waals surface area contributed by atoms with Gasteiger partial charge in [-0.05, 0) is 45.6 Å². The summed E-state index contributed by atoms with van der Waals surface area (Å²) in [5, 5.41) is 0. The van der Waals surface area contributed by atoms with E-state index in [0.717, 1.165) is 31.8 Å². The Hall–Kier alpha value is -1.67. The highest BCUT2D eigenvalue weighted by atomic mass is 16.5. The Morgan fingerprint density at radius 2 is 1.78 bits per heavy atom. The zero-order valence-corrected chi connectivity index (χ0v) is 10.8. The standard InChI is InChI=1S/C14H18O4/c1-10(8-13(16)11(2)9-15)14(17)18-12-6-4-3-5-7-12/h8,12H,3-7H2,1-2H3/b10-8+. The van der Waals surface area contributed by atoms with Gasteiger partial charge in [0.05, 0.1) is 5.57 Å². The minimum absolute atomic E-state index is 0.0348. The summed E-state index contributed by atoms with van der Waals surface area (Å²) in [6.45, 7) is 2.88. The van der Waals surface area contributed by atoms with Gasteiger partial charge in [-0.25, -0.2) is 9.59 Å². The zero-order valence-electron chi connectivity index (χ0n) is 10.8. The lowest BCUT2D eigenvalue weighted by Gasteiger charge is -2.21. The zero-order chi connectivity index (χ0) is 13.5. The van der Waals surface area contributed by atoms with Gasteiger partial charge in [0, 0.05) is 5.57 Å². The first-order chi connectivity index (χ1) is 8.54. The Balaban J connectivity index is 2.57. The Kier molecular flexibility index (Phi) is 5.53. The number of carbonyl (C=O) groups is 2. The number of carbonyl (C=O) groups excluding carboxylic acids is 3. The van der Waals surface area contributed by atoms with Gasteiger partial charge in [-0.3, -0.25) is 4.79 Å². The lowest BCUT2D eigenvalue weighted by atomic mass is 9.98. The lowest BCUT2D eigenvalue weighted by Crippen LogP contribution is -2.21. The highest BCUT2D eigenvalue weighted by molar-refractivity contribution is 6.11. The van der Waals surface area contributed by atoms with Crippen LogP contribution in [-0.4, -0.2) is 23.8 Å². The summed E-state index contributed by atoms with van der Waals surface area (Å²) in [6.07, 6.45) is 6.21. The third-order valence-corrected chi connectivity index (χ3v) is 3.02. The van der Waals surface area contributed by atoms with Gasteiger partial charge in [0.25, 0.3) is 0 Å². The van der Waals surface area contributed by atoms with Crippen LogP contribution >= 0.6 is 0 Å². The van der Waals surface area contributed by atoms with Crippen LogP contribution in [0.5, 0.6) is 0 Å². The first-order valence-corrected chi connectivity index (χ1v) is 6.20. The summed E-state index contributed by atoms with van der Waals surface area (Å²) in [4.78, 5) is 33.4. The maximum absolute atomic E-state index is 11.7. The van der Waals surface area contributed by atoms with Crippen LogP contribution in [0.3, 0.4) is 0 Å². The van der Waals surface area contributed by atoms with E-state index in [1.165, 1.54) is 26.2 Å². The number of ketones is 1. The first-order valence-electron chi connectivity index (χ1n) is 6.20. The minimum atomic E-state index is -0.497. The van der Waals surface area contributed by atoms with Crippen LogP contribution in [0.25, 0.3) is 0 Å². The number of allylic oxidation sites excluding steroid dienone is 2. The van der Waals surface area contributed by atoms with Gasteiger partial charge in [0.15, 0.2) is 5.78 Å². The maximum Gasteiger partial charge on any atom is 0.334 e. The minimum Gasteiger partial charge on any atom is -0.459 e. The smallest absolute Gasteiger partial charge is 0.334 e. The number of esters is 1. The summed E-state index contributed by atoms with van der Waals surface area (Å²) in [5.74, 6) is 0.536. The van der Waals surface area contributed by atoms with Gasteiger partial charge in [-0.1, -0.05) is 6.42 Å². The molecule has 0 heterocycles. The summed E-state index contributed by atoms with van der Waals surface area (Å²) < 4.78 is 5.30. The van der Waals surface area contributed by atoms with Gasteiger partial charge in [0.2, 0.25) is 0 Å². The second-order valence-corrected chi connectivity index (χ2v) is 4.58. The fraction of sp³-hybridized carbons (Fsp3) is 0.571. The fourth-order valence-corrected chi connectivity index (χ4v) is 1.84. The van der Waals surface area contributed by atoms with Crippen LogP contribution in [0.4, 0.5) is 0 Å². The molecule has 0 amide bonds. The average Bonchev–Trinajstić information content (AvgIpc) is 2.38. The molecule has 1 saturated carbocycles. The van der Waals surface area contributed by atoms with Crippen molar-refractivity contribution in [2.24, 2.45) is 0 Å². The Bertz CT molecular complexity index is 408. The number of hydrogen-bond acceptors (Lipinski definition) is 4. The van der Waals surface area contributed by atoms with Crippen molar-refractivity contribution in [2.75, 3.05) is 0 Å². The van der Waals surface area contributed by atoms with Gasteiger partial charge in [0.1, 0.15) is 12.0 Å². The van der Waals surface area contributed by atoms with E-state index in [4.69, 9.17) is 4.74 Å². The monoisotopic (exact) mass is 250 g/mol. The summed E-state index contributed by atoms with van der Waals surface area (Å²) >= 11 is 0. The normalized spacial score (nSPS) is 16.9. The fourth-order valence-electron chi connectivity index (χ4n) is 1.84. The molecule has 1 aliphatic rings. The number of hydrogen-bond donors (Lipinski definition) is 0. The van der Waals surface area contributed by atoms with Crippen molar-refractivity contribution < 1.29 is 19.1 Å². The molecule has 0 aromatic heterocycles. The Labute approximate surface area is 107 Å². The van der Waals surface area contributed by atoms with E-state index in [-0.39, 0.29) is 17.3 Å². The molecule has 1 fully saturated rings. The molecule has 98 valence electrons. The lowest BCUT2D eigenvalue weighted by molar-refractivity contribution is -0.145. The van der Waals surface area contributed by atoms with E-state index >= 15 is 0 Å². The van der Waals surface area contributed by atoms with Crippen LogP contribution in [0.1, 0.15) is 46.0 Å². The van der Waals surface area contributed by atoms with Crippen molar-refractivity contribution >= 4 is 17.7 Å². The highest BCUT2D eigenvalue weighted by Gasteiger charge is 2.19. The number of rotatable bonds is 4. The molecule has 0 bridgehead atoms. The van der Waals surface area contributed by atoms with Crippen molar-refractivity contribution in [3.63, 3.8) is 0 Å². The molecule has 18 heavy (non-hydrogen) atoms. The van der Waals surface area contributed by atoms with Crippen molar-refractivity contribution in [1.29, 1.82) is 0 Å². The Morgan fingerprint density at radius 3 is 2.33 bits per heavy atom. The SMILES string of the molecule is CC(=C=O)C(=O)/C=C(\C)C(=O)OC1CCCCC1. The first kappa shape index (κ1) is 14.4. The van der Waals surface area contributed by atoms with E-state index in [9.17, 15) is 14.4 Å². The molecule has 0 radical (unpaired) electrons. The maximum atomic E-state index is 11.7. The molecular weight excluding hydrogens is 232 g/mol. The molecule has 0 saturated heterocycles. The van der Waals surface area contributed by atoms with Crippen LogP contribution in [0, 0.1) is 0 Å². The number of ether oxygens (including phenoxy) is 1. The summed E-state index contributed by atoms with van der Waals surface area (Å²) in [7, 11) is 0. The second-order valence-electron chi connectivity index (χ2n) is 4.58. The predicted octanol–water partition coefficient (Wildman–Crippen LogP) is 2.16. The van der Waals surface area contributed by atoms with Crippen LogP contribution in [-0.2, 0) is 19.1 Å². The summed E-state index contributed by atoms with van der Waals surface area (Å²) in [5.41, 5.74) is 0.181. The van der Waals surface area contributed by atoms with Gasteiger partial charge < -0.3 is 4.74 Å². The van der Waals surface area contributed by atoms with Crippen LogP contribution in [0.2, 0.25) is 0 Å². The van der Waals surface area contributed by atoms with Crippen molar-refractivity contribution in [1.82, 2.24) is 0 Å². The third kappa shape index (κ3) is 4.30. The molecular formula is C14H18O4. The van der Waals surface area contributed by atoms with Gasteiger partial charge in [-0.2, -0.15) is 0 Å². The molecule has 0 atom stereocenters. The highest BCUT2D eigenvalue weighted by Crippen LogP contribution is 2.21. The van der Waals surface area contributed by atoms with Gasteiger partial charge in [-0.15, -0.1) is 0 Å². The average molecular weight is 250 g/mol. The third-order valence-electron chi connectivity index (χ3n) is 3.02. The topological polar surface area (TPSA) is 60.4 Å². The molecule has 1 rings (SSSR count). The van der Waals surface area contributed by atoms with Crippen molar-refractivity contribution in [2.45, 2.75) is 52.1 Å². The Morgan fingerprint density at radius 1 is 1.17 bits per heavy atom. The van der Waals surface area contributed by atoms with Crippen LogP contribution in [0.15, 0.2) is 17.2 Å². The molecule has 0 aromatic rings. The van der Waals surface area contributed by atoms with Gasteiger partial charge >= 0.3 is 5.97 Å². The van der Waals surface area contributed by atoms with Crippen LogP contribution < -0.4 is 0 Å². The largest absolute Gasteiger partial charge is 0.459 e. The molecule has 0 aliphatic heterocycles. The molecule has 4 heteroatoms. The summed E-state index contributed by atoms with van der Waals surface area (Å²) in [6, 6.07) is 0. The molecule has 0 spiro atoms. The molecule has 1 aliphatic carbocycles. The van der Waals surface area contributed by atoms with E-state index in [2.05, 4.69) is 0 Å². The molecule has 0 N–H and O–H groups in total. The van der Waals surface area contributed by atoms with Crippen molar-refractivity contribution in [3.8, 4) is 0 Å². The predicted molar refractivity (Wildman–Crippen MR) is 66.6 cm³/mol. The molecule has 0 unspecified atom stereocenters. The quantitative estimate of drug-likeness (QED) is 0.436.